The molecule has 1 unspecified atom stereocenters. The third kappa shape index (κ3) is 8.48. The van der Waals surface area contributed by atoms with Crippen molar-refractivity contribution in [3.63, 3.8) is 0 Å². The molecule has 0 aliphatic rings. The van der Waals surface area contributed by atoms with Gasteiger partial charge in [0, 0.05) is 13.2 Å². The summed E-state index contributed by atoms with van der Waals surface area (Å²) in [5.74, 6) is 0.593. The van der Waals surface area contributed by atoms with Crippen LogP contribution in [0.15, 0.2) is 0 Å². The van der Waals surface area contributed by atoms with Crippen LogP contribution in [-0.4, -0.2) is 32.5 Å². The van der Waals surface area contributed by atoms with Crippen molar-refractivity contribution in [2.24, 2.45) is 11.7 Å². The average Bonchev–Trinajstić information content (AvgIpc) is 2.15. The first-order chi connectivity index (χ1) is 6.70. The normalized spacial score (nSPS) is 13.5. The summed E-state index contributed by atoms with van der Waals surface area (Å²) in [5.41, 5.74) is 5.56. The first-order valence-corrected chi connectivity index (χ1v) is 5.60. The molecule has 0 amide bonds. The topological polar surface area (TPSA) is 44.5 Å². The monoisotopic (exact) mass is 203 g/mol. The summed E-state index contributed by atoms with van der Waals surface area (Å²) in [5, 5.41) is 0. The van der Waals surface area contributed by atoms with Gasteiger partial charge in [-0.2, -0.15) is 0 Å². The fraction of sp³-hybridized carbons (Fsp3) is 1.00. The number of hydrogen-bond donors (Lipinski definition) is 1. The lowest BCUT2D eigenvalue weighted by Crippen LogP contribution is -2.25. The summed E-state index contributed by atoms with van der Waals surface area (Å²) >= 11 is 0. The van der Waals surface area contributed by atoms with Crippen LogP contribution in [0.5, 0.6) is 0 Å². The molecule has 3 heteroatoms. The zero-order chi connectivity index (χ0) is 10.8. The van der Waals surface area contributed by atoms with E-state index in [4.69, 9.17) is 15.2 Å². The number of hydrogen-bond acceptors (Lipinski definition) is 3. The van der Waals surface area contributed by atoms with Crippen LogP contribution in [0, 0.1) is 5.92 Å². The molecule has 86 valence electrons. The molecule has 0 rings (SSSR count). The zero-order valence-corrected chi connectivity index (χ0v) is 9.79. The molecule has 3 nitrogen and oxygen atoms in total. The van der Waals surface area contributed by atoms with Crippen LogP contribution < -0.4 is 5.73 Å². The number of nitrogens with two attached hydrogens (primary N) is 1. The molecular formula is C11H25NO2. The van der Waals surface area contributed by atoms with Crippen LogP contribution in [0.25, 0.3) is 0 Å². The second-order valence-electron chi connectivity index (χ2n) is 3.99. The van der Waals surface area contributed by atoms with Crippen molar-refractivity contribution in [2.75, 3.05) is 26.4 Å². The zero-order valence-electron chi connectivity index (χ0n) is 9.79. The van der Waals surface area contributed by atoms with E-state index in [9.17, 15) is 0 Å². The quantitative estimate of drug-likeness (QED) is 0.581. The Kier molecular flexibility index (Phi) is 9.35. The van der Waals surface area contributed by atoms with Gasteiger partial charge in [-0.1, -0.05) is 27.2 Å². The Hall–Kier alpha value is -0.120. The Morgan fingerprint density at radius 3 is 2.43 bits per heavy atom. The predicted molar refractivity (Wildman–Crippen MR) is 59.4 cm³/mol. The van der Waals surface area contributed by atoms with Crippen molar-refractivity contribution in [2.45, 2.75) is 39.7 Å². The highest BCUT2D eigenvalue weighted by molar-refractivity contribution is 4.56. The van der Waals surface area contributed by atoms with Gasteiger partial charge in [0.05, 0.1) is 19.3 Å². The Bertz CT molecular complexity index is 118. The van der Waals surface area contributed by atoms with E-state index in [1.165, 1.54) is 0 Å². The van der Waals surface area contributed by atoms with Gasteiger partial charge in [-0.05, 0) is 12.3 Å². The Labute approximate surface area is 88.0 Å². The van der Waals surface area contributed by atoms with E-state index in [2.05, 4.69) is 20.8 Å². The molecule has 0 aromatic rings. The molecule has 0 aliphatic heterocycles. The van der Waals surface area contributed by atoms with Crippen molar-refractivity contribution < 1.29 is 9.47 Å². The smallest absolute Gasteiger partial charge is 0.0704 e. The van der Waals surface area contributed by atoms with Gasteiger partial charge in [0.25, 0.3) is 0 Å². The maximum Gasteiger partial charge on any atom is 0.0704 e. The van der Waals surface area contributed by atoms with Gasteiger partial charge < -0.3 is 15.2 Å². The van der Waals surface area contributed by atoms with E-state index in [0.717, 1.165) is 19.4 Å². The van der Waals surface area contributed by atoms with Crippen LogP contribution in [0.1, 0.15) is 33.6 Å². The lowest BCUT2D eigenvalue weighted by Gasteiger charge is -2.15. The molecule has 0 saturated heterocycles. The number of rotatable bonds is 9. The van der Waals surface area contributed by atoms with Crippen LogP contribution in [0.3, 0.4) is 0 Å². The van der Waals surface area contributed by atoms with Crippen LogP contribution in [-0.2, 0) is 9.47 Å². The van der Waals surface area contributed by atoms with E-state index < -0.39 is 0 Å². The fourth-order valence-corrected chi connectivity index (χ4v) is 1.18. The molecule has 0 heterocycles. The minimum absolute atomic E-state index is 0.211. The van der Waals surface area contributed by atoms with Crippen LogP contribution >= 0.6 is 0 Å². The summed E-state index contributed by atoms with van der Waals surface area (Å²) in [6, 6.07) is 0. The molecule has 0 bridgehead atoms. The molecule has 0 aromatic carbocycles. The highest BCUT2D eigenvalue weighted by Crippen LogP contribution is 2.00. The first kappa shape index (κ1) is 13.9. The van der Waals surface area contributed by atoms with Crippen LogP contribution in [0.4, 0.5) is 0 Å². The molecule has 0 radical (unpaired) electrons. The van der Waals surface area contributed by atoms with Crippen molar-refractivity contribution in [1.82, 2.24) is 0 Å². The van der Waals surface area contributed by atoms with Gasteiger partial charge in [0.1, 0.15) is 0 Å². The van der Waals surface area contributed by atoms with E-state index >= 15 is 0 Å². The van der Waals surface area contributed by atoms with E-state index in [1.807, 2.05) is 0 Å². The minimum atomic E-state index is 0.211. The molecular weight excluding hydrogens is 178 g/mol. The molecule has 14 heavy (non-hydrogen) atoms. The highest BCUT2D eigenvalue weighted by Gasteiger charge is 2.04. The molecule has 0 aromatic heterocycles. The molecule has 1 atom stereocenters. The predicted octanol–water partition coefficient (Wildman–Crippen LogP) is 1.80. The van der Waals surface area contributed by atoms with Crippen molar-refractivity contribution in [1.29, 1.82) is 0 Å². The molecule has 2 N–H and O–H groups in total. The third-order valence-corrected chi connectivity index (χ3v) is 1.91. The van der Waals surface area contributed by atoms with E-state index in [-0.39, 0.29) is 6.10 Å². The van der Waals surface area contributed by atoms with Crippen LogP contribution in [0.2, 0.25) is 0 Å². The van der Waals surface area contributed by atoms with E-state index in [0.29, 0.717) is 25.7 Å². The van der Waals surface area contributed by atoms with Gasteiger partial charge in [0.2, 0.25) is 0 Å². The maximum absolute atomic E-state index is 5.56. The van der Waals surface area contributed by atoms with Gasteiger partial charge in [-0.25, -0.2) is 0 Å². The summed E-state index contributed by atoms with van der Waals surface area (Å²) in [6.07, 6.45) is 2.37. The highest BCUT2D eigenvalue weighted by atomic mass is 16.5. The maximum atomic E-state index is 5.56. The van der Waals surface area contributed by atoms with Crippen molar-refractivity contribution in [3.05, 3.63) is 0 Å². The minimum Gasteiger partial charge on any atom is -0.379 e. The summed E-state index contributed by atoms with van der Waals surface area (Å²) < 4.78 is 11.0. The van der Waals surface area contributed by atoms with Gasteiger partial charge >= 0.3 is 0 Å². The first-order valence-electron chi connectivity index (χ1n) is 5.60. The van der Waals surface area contributed by atoms with Crippen molar-refractivity contribution >= 4 is 0 Å². The Balaban J connectivity index is 3.24. The summed E-state index contributed by atoms with van der Waals surface area (Å²) in [7, 11) is 0. The van der Waals surface area contributed by atoms with Gasteiger partial charge in [-0.15, -0.1) is 0 Å². The van der Waals surface area contributed by atoms with Gasteiger partial charge in [0.15, 0.2) is 0 Å². The van der Waals surface area contributed by atoms with Crippen molar-refractivity contribution in [3.8, 4) is 0 Å². The van der Waals surface area contributed by atoms with E-state index in [1.54, 1.807) is 0 Å². The SMILES string of the molecule is CCCC(CN)OCCOCC(C)C. The third-order valence-electron chi connectivity index (χ3n) is 1.91. The summed E-state index contributed by atoms with van der Waals surface area (Å²) in [6.45, 7) is 9.18. The summed E-state index contributed by atoms with van der Waals surface area (Å²) in [4.78, 5) is 0. The standard InChI is InChI=1S/C11H25NO2/c1-4-5-11(8-12)14-7-6-13-9-10(2)3/h10-11H,4-9,12H2,1-3H3. The average molecular weight is 203 g/mol. The molecule has 0 fully saturated rings. The lowest BCUT2D eigenvalue weighted by molar-refractivity contribution is -0.000395. The van der Waals surface area contributed by atoms with Gasteiger partial charge in [-0.3, -0.25) is 0 Å². The lowest BCUT2D eigenvalue weighted by atomic mass is 10.2. The molecule has 0 saturated carbocycles. The molecule has 0 spiro atoms. The second-order valence-corrected chi connectivity index (χ2v) is 3.99. The largest absolute Gasteiger partial charge is 0.379 e. The Morgan fingerprint density at radius 1 is 1.21 bits per heavy atom. The molecule has 0 aliphatic carbocycles. The number of ether oxygens (including phenoxy) is 2. The second kappa shape index (κ2) is 9.44. The Morgan fingerprint density at radius 2 is 1.93 bits per heavy atom. The fourth-order valence-electron chi connectivity index (χ4n) is 1.18.